The molecule has 0 aliphatic heterocycles. The Hall–Kier alpha value is -0.770. The van der Waals surface area contributed by atoms with E-state index in [1.165, 1.54) is 26.4 Å². The summed E-state index contributed by atoms with van der Waals surface area (Å²) < 4.78 is 4.84. The molecule has 0 aromatic heterocycles. The van der Waals surface area contributed by atoms with Gasteiger partial charge in [0.05, 0.1) is 7.11 Å². The summed E-state index contributed by atoms with van der Waals surface area (Å²) >= 11 is 0. The van der Waals surface area contributed by atoms with Crippen LogP contribution < -0.4 is 10.6 Å². The molecular weight excluding hydrogens is 240 g/mol. The highest BCUT2D eigenvalue weighted by atomic mass is 16.5. The van der Waals surface area contributed by atoms with Crippen LogP contribution in [0.3, 0.4) is 0 Å². The van der Waals surface area contributed by atoms with Crippen molar-refractivity contribution in [3.05, 3.63) is 0 Å². The molecule has 0 radical (unpaired) electrons. The Morgan fingerprint density at radius 2 is 1.89 bits per heavy atom. The Bertz CT molecular complexity index is 368. The minimum absolute atomic E-state index is 0.00227. The largest absolute Gasteiger partial charge is 0.453 e. The van der Waals surface area contributed by atoms with Crippen LogP contribution in [0.25, 0.3) is 0 Å². The van der Waals surface area contributed by atoms with Crippen molar-refractivity contribution in [2.45, 2.75) is 57.0 Å². The molecule has 3 unspecified atom stereocenters. The van der Waals surface area contributed by atoms with Crippen molar-refractivity contribution < 1.29 is 9.53 Å². The van der Waals surface area contributed by atoms with Crippen molar-refractivity contribution in [2.24, 2.45) is 17.3 Å². The summed E-state index contributed by atoms with van der Waals surface area (Å²) in [6.45, 7) is 2.30. The number of nitrogens with one attached hydrogen (secondary N) is 2. The van der Waals surface area contributed by atoms with E-state index in [-0.39, 0.29) is 11.6 Å². The quantitative estimate of drug-likeness (QED) is 0.824. The second kappa shape index (κ2) is 4.37. The molecule has 19 heavy (non-hydrogen) atoms. The highest BCUT2D eigenvalue weighted by Crippen LogP contribution is 2.62. The highest BCUT2D eigenvalue weighted by Gasteiger charge is 2.59. The molecule has 4 aliphatic carbocycles. The molecule has 0 aromatic carbocycles. The first-order valence-electron chi connectivity index (χ1n) is 7.54. The number of carbonyl (C=O) groups excluding carboxylic acids is 1. The molecule has 2 N–H and O–H groups in total. The van der Waals surface area contributed by atoms with Gasteiger partial charge in [-0.15, -0.1) is 0 Å². The third-order valence-corrected chi connectivity index (χ3v) is 6.01. The molecule has 4 aliphatic rings. The lowest BCUT2D eigenvalue weighted by atomic mass is 9.45. The molecule has 4 saturated carbocycles. The van der Waals surface area contributed by atoms with Crippen LogP contribution in [-0.2, 0) is 4.74 Å². The maximum absolute atomic E-state index is 11.7. The van der Waals surface area contributed by atoms with Gasteiger partial charge in [-0.1, -0.05) is 0 Å². The van der Waals surface area contributed by atoms with E-state index in [4.69, 9.17) is 4.74 Å². The second-order valence-corrected chi connectivity index (χ2v) is 7.23. The van der Waals surface area contributed by atoms with E-state index in [1.54, 1.807) is 0 Å². The monoisotopic (exact) mass is 266 g/mol. The lowest BCUT2D eigenvalue weighted by Crippen LogP contribution is -2.66. The van der Waals surface area contributed by atoms with Crippen molar-refractivity contribution >= 4 is 6.09 Å². The molecular formula is C15H26N2O2. The number of hydrogen-bond acceptors (Lipinski definition) is 3. The summed E-state index contributed by atoms with van der Waals surface area (Å²) in [6.07, 6.45) is 7.18. The van der Waals surface area contributed by atoms with Crippen LogP contribution in [0.5, 0.6) is 0 Å². The molecule has 4 nitrogen and oxygen atoms in total. The second-order valence-electron chi connectivity index (χ2n) is 7.23. The summed E-state index contributed by atoms with van der Waals surface area (Å²) in [6, 6.07) is 0.525. The Morgan fingerprint density at radius 3 is 2.42 bits per heavy atom. The average Bonchev–Trinajstić information content (AvgIpc) is 2.35. The molecule has 0 saturated heterocycles. The zero-order valence-electron chi connectivity index (χ0n) is 12.3. The van der Waals surface area contributed by atoms with E-state index in [1.807, 2.05) is 0 Å². The van der Waals surface area contributed by atoms with Crippen LogP contribution in [0, 0.1) is 17.3 Å². The number of methoxy groups -OCH3 is 1. The topological polar surface area (TPSA) is 50.4 Å². The molecule has 0 spiro atoms. The van der Waals surface area contributed by atoms with E-state index in [9.17, 15) is 4.79 Å². The van der Waals surface area contributed by atoms with Crippen LogP contribution in [0.1, 0.15) is 45.4 Å². The van der Waals surface area contributed by atoms with Gasteiger partial charge in [0.15, 0.2) is 0 Å². The van der Waals surface area contributed by atoms with Gasteiger partial charge in [-0.3, -0.25) is 0 Å². The minimum atomic E-state index is -0.255. The Balaban J connectivity index is 1.86. The van der Waals surface area contributed by atoms with Gasteiger partial charge in [-0.05, 0) is 69.7 Å². The standard InChI is InChI=1S/C15H26N2O2/c1-10(16-2)14-5-11-4-12(6-14)8-15(7-11,9-14)17-13(18)19-3/h10-12,16H,4-9H2,1-3H3,(H,17,18). The number of carbonyl (C=O) groups is 1. The normalized spacial score (nSPS) is 45.0. The maximum Gasteiger partial charge on any atom is 0.407 e. The van der Waals surface area contributed by atoms with Crippen LogP contribution in [0.2, 0.25) is 0 Å². The molecule has 4 rings (SSSR count). The maximum atomic E-state index is 11.7. The minimum Gasteiger partial charge on any atom is -0.453 e. The Morgan fingerprint density at radius 1 is 1.26 bits per heavy atom. The zero-order valence-corrected chi connectivity index (χ0v) is 12.3. The highest BCUT2D eigenvalue weighted by molar-refractivity contribution is 5.68. The van der Waals surface area contributed by atoms with Crippen molar-refractivity contribution in [1.29, 1.82) is 0 Å². The van der Waals surface area contributed by atoms with Crippen LogP contribution in [-0.4, -0.2) is 31.8 Å². The van der Waals surface area contributed by atoms with Crippen molar-refractivity contribution in [1.82, 2.24) is 10.6 Å². The van der Waals surface area contributed by atoms with Crippen molar-refractivity contribution in [3.8, 4) is 0 Å². The molecule has 108 valence electrons. The summed E-state index contributed by atoms with van der Waals surface area (Å²) in [4.78, 5) is 11.7. The van der Waals surface area contributed by atoms with E-state index in [0.29, 0.717) is 11.5 Å². The predicted molar refractivity (Wildman–Crippen MR) is 73.9 cm³/mol. The van der Waals surface area contributed by atoms with Gasteiger partial charge >= 0.3 is 6.09 Å². The van der Waals surface area contributed by atoms with Crippen LogP contribution in [0.15, 0.2) is 0 Å². The van der Waals surface area contributed by atoms with Crippen molar-refractivity contribution in [3.63, 3.8) is 0 Å². The van der Waals surface area contributed by atoms with Gasteiger partial charge < -0.3 is 15.4 Å². The molecule has 0 heterocycles. The summed E-state index contributed by atoms with van der Waals surface area (Å²) in [5.41, 5.74) is 0.377. The summed E-state index contributed by atoms with van der Waals surface area (Å²) in [5.74, 6) is 1.57. The number of ether oxygens (including phenoxy) is 1. The van der Waals surface area contributed by atoms with Gasteiger partial charge in [0.2, 0.25) is 0 Å². The lowest BCUT2D eigenvalue weighted by molar-refractivity contribution is -0.0930. The van der Waals surface area contributed by atoms with Gasteiger partial charge in [0.25, 0.3) is 0 Å². The third-order valence-electron chi connectivity index (χ3n) is 6.01. The predicted octanol–water partition coefficient (Wildman–Crippen LogP) is 2.29. The number of hydrogen-bond donors (Lipinski definition) is 2. The molecule has 1 amide bonds. The molecule has 0 aromatic rings. The lowest BCUT2D eigenvalue weighted by Gasteiger charge is -2.63. The Labute approximate surface area is 115 Å². The fraction of sp³-hybridized carbons (Fsp3) is 0.933. The van der Waals surface area contributed by atoms with Crippen molar-refractivity contribution in [2.75, 3.05) is 14.2 Å². The molecule has 4 bridgehead atoms. The van der Waals surface area contributed by atoms with E-state index < -0.39 is 0 Å². The zero-order chi connectivity index (χ0) is 13.7. The number of amides is 1. The smallest absolute Gasteiger partial charge is 0.407 e. The summed E-state index contributed by atoms with van der Waals surface area (Å²) in [7, 11) is 3.52. The van der Waals surface area contributed by atoms with Gasteiger partial charge in [0, 0.05) is 11.6 Å². The van der Waals surface area contributed by atoms with Crippen LogP contribution >= 0.6 is 0 Å². The van der Waals surface area contributed by atoms with E-state index >= 15 is 0 Å². The Kier molecular flexibility index (Phi) is 3.04. The fourth-order valence-electron chi connectivity index (χ4n) is 5.56. The molecule has 4 heteroatoms. The van der Waals surface area contributed by atoms with Gasteiger partial charge in [-0.2, -0.15) is 0 Å². The average molecular weight is 266 g/mol. The number of alkyl carbamates (subject to hydrolysis) is 1. The fourth-order valence-corrected chi connectivity index (χ4v) is 5.56. The van der Waals surface area contributed by atoms with Gasteiger partial charge in [-0.25, -0.2) is 4.79 Å². The summed E-state index contributed by atoms with van der Waals surface area (Å²) in [5, 5.41) is 6.65. The van der Waals surface area contributed by atoms with E-state index in [2.05, 4.69) is 24.6 Å². The SMILES string of the molecule is CNC(C)C12CC3CC(CC(NC(=O)OC)(C3)C1)C2. The molecule has 3 atom stereocenters. The van der Waals surface area contributed by atoms with Crippen LogP contribution in [0.4, 0.5) is 4.79 Å². The number of rotatable bonds is 3. The molecule has 4 fully saturated rings. The third kappa shape index (κ3) is 2.04. The van der Waals surface area contributed by atoms with E-state index in [0.717, 1.165) is 31.1 Å². The first-order chi connectivity index (χ1) is 9.01. The first-order valence-corrected chi connectivity index (χ1v) is 7.54. The first kappa shape index (κ1) is 13.2. The van der Waals surface area contributed by atoms with Gasteiger partial charge in [0.1, 0.15) is 0 Å².